The van der Waals surface area contributed by atoms with E-state index in [1.54, 1.807) is 57.3 Å². The lowest BCUT2D eigenvalue weighted by atomic mass is 9.81. The molecular weight excluding hydrogens is 1440 g/mol. The molecule has 0 spiro atoms. The van der Waals surface area contributed by atoms with Crippen molar-refractivity contribution in [3.63, 3.8) is 0 Å². The molecule has 0 bridgehead atoms. The maximum absolute atomic E-state index is 15.6. The van der Waals surface area contributed by atoms with E-state index < -0.39 is 127 Å². The molecule has 600 valence electrons. The normalized spacial score (nSPS) is 16.9. The van der Waals surface area contributed by atoms with Crippen molar-refractivity contribution in [1.29, 1.82) is 0 Å². The minimum absolute atomic E-state index is 0.0283. The van der Waals surface area contributed by atoms with Crippen LogP contribution in [0.1, 0.15) is 90.4 Å². The molecule has 5 heterocycles. The number of carbonyl (C=O) groups excluding carboxylic acids is 10. The number of nitrogens with zero attached hydrogens (tertiary/aromatic N) is 3. The number of imide groups is 1. The minimum Gasteiger partial charge on any atom is -0.458 e. The van der Waals surface area contributed by atoms with E-state index in [1.807, 2.05) is 0 Å². The number of hydrogen-bond donors (Lipinski definition) is 9. The Morgan fingerprint density at radius 3 is 1.81 bits per heavy atom. The lowest BCUT2D eigenvalue weighted by molar-refractivity contribution is -0.172. The Hall–Kier alpha value is -9.11. The zero-order valence-electron chi connectivity index (χ0n) is 62.3. The predicted octanol–water partition coefficient (Wildman–Crippen LogP) is -0.866. The Labute approximate surface area is 634 Å². The summed E-state index contributed by atoms with van der Waals surface area (Å²) in [5.41, 5.74) is 1.90. The molecule has 9 amide bonds. The number of halogens is 1. The summed E-state index contributed by atoms with van der Waals surface area (Å²) in [6, 6.07) is 8.93. The molecule has 5 atom stereocenters. The number of amides is 9. The molecule has 1 fully saturated rings. The predicted molar refractivity (Wildman–Crippen MR) is 388 cm³/mol. The molecule has 35 heteroatoms. The number of likely N-dealkylation sites (N-methyl/N-ethyl adjacent to an activating group) is 1. The fourth-order valence-corrected chi connectivity index (χ4v) is 12.9. The highest BCUT2D eigenvalue weighted by Gasteiger charge is 2.46. The number of nitrogens with one attached hydrogen (secondary N) is 8. The first kappa shape index (κ1) is 84.9. The number of carbonyl (C=O) groups is 10. The third kappa shape index (κ3) is 24.4. The van der Waals surface area contributed by atoms with Gasteiger partial charge in [0.2, 0.25) is 41.4 Å². The fraction of sp³-hybridized carbons (Fsp3) is 0.573. The standard InChI is InChI=1S/C75H100FN11O23/c1-4-75(99)53-38-58-69-51(44-86(58)73(97)52(53)45-109-74(75)98)68-55(13-12-50-47(2)54(76)39-56(84-69)67(50)68)85-72(96)60(37-49-10-11-49)110-46-82-63(90)42-81-70(94)57(36-48-8-6-5-7-9-48)83-64(91)43-80-62(89)41-79-61(88)16-18-100-20-22-102-24-26-104-28-30-106-32-34-108-35-33-107-31-29-105-27-25-103-23-21-101-19-17-78-71(95)59(40-77-3)87-65(92)14-15-66(87)93/h5-9,14-15,38-39,49,55,57,59-60,77,99H,4,10-13,16-37,40-46H2,1-3H3,(H,78,95)(H,79,88)(H,80,89)(H,81,94)(H,82,90)(H,83,91)(H,85,96)/t55-,57-,59-,60-,75-/m0/s1. The van der Waals surface area contributed by atoms with Crippen LogP contribution >= 0.6 is 0 Å². The van der Waals surface area contributed by atoms with Gasteiger partial charge in [0.25, 0.3) is 17.4 Å². The Balaban J connectivity index is 0.571. The second kappa shape index (κ2) is 43.5. The highest BCUT2D eigenvalue weighted by atomic mass is 19.1. The van der Waals surface area contributed by atoms with Gasteiger partial charge in [-0.2, -0.15) is 0 Å². The molecule has 9 rings (SSSR count). The number of hydrogen-bond acceptors (Lipinski definition) is 25. The van der Waals surface area contributed by atoms with Crippen LogP contribution in [0.25, 0.3) is 22.3 Å². The van der Waals surface area contributed by atoms with Crippen LogP contribution in [0.2, 0.25) is 0 Å². The first-order valence-corrected chi connectivity index (χ1v) is 37.1. The number of esters is 1. The van der Waals surface area contributed by atoms with Gasteiger partial charge in [-0.3, -0.25) is 52.8 Å². The van der Waals surface area contributed by atoms with Crippen LogP contribution in [-0.2, 0) is 132 Å². The zero-order valence-corrected chi connectivity index (χ0v) is 62.3. The molecule has 1 saturated carbocycles. The van der Waals surface area contributed by atoms with Crippen molar-refractivity contribution in [2.24, 2.45) is 5.92 Å². The monoisotopic (exact) mass is 1540 g/mol. The maximum Gasteiger partial charge on any atom is 0.343 e. The topological polar surface area (TPSA) is 427 Å². The summed E-state index contributed by atoms with van der Waals surface area (Å²) in [5, 5.41) is 33.5. The van der Waals surface area contributed by atoms with Gasteiger partial charge in [0.15, 0.2) is 5.60 Å². The molecule has 5 aliphatic rings. The SMILES string of the molecule is CC[C@@]1(O)C(=O)OCc2c1cc1n(c2=O)Cc2c-1nc1cc(F)c(C)c3c1c2[C@@H](NC(=O)[C@H](CC1CC1)OCNC(=O)CNC(=O)[C@H](Cc1ccccc1)NC(=O)CNC(=O)CNC(=O)CCOCCOCCOCCOCCOCCOCCOCCOCCOCCNC(=O)[C@H](CNC)N1C(=O)C=CC1=O)CC3. The Bertz CT molecular complexity index is 3940. The molecule has 2 aromatic carbocycles. The third-order valence-electron chi connectivity index (χ3n) is 18.9. The van der Waals surface area contributed by atoms with E-state index in [0.29, 0.717) is 156 Å². The van der Waals surface area contributed by atoms with Crippen molar-refractivity contribution >= 4 is 70.0 Å². The Morgan fingerprint density at radius 1 is 0.655 bits per heavy atom. The third-order valence-corrected chi connectivity index (χ3v) is 18.9. The smallest absolute Gasteiger partial charge is 0.343 e. The number of rotatable bonds is 52. The van der Waals surface area contributed by atoms with E-state index in [4.69, 9.17) is 57.1 Å². The number of aliphatic hydroxyl groups is 1. The number of pyridine rings is 2. The van der Waals surface area contributed by atoms with Gasteiger partial charge in [0.1, 0.15) is 37.3 Å². The second-order valence-corrected chi connectivity index (χ2v) is 26.6. The first-order valence-electron chi connectivity index (χ1n) is 37.1. The number of benzene rings is 2. The van der Waals surface area contributed by atoms with Crippen molar-refractivity contribution in [3.8, 4) is 11.4 Å². The van der Waals surface area contributed by atoms with Crippen molar-refractivity contribution in [1.82, 2.24) is 57.0 Å². The van der Waals surface area contributed by atoms with Gasteiger partial charge < -0.3 is 104 Å². The summed E-state index contributed by atoms with van der Waals surface area (Å²) in [7, 11) is 1.62. The van der Waals surface area contributed by atoms with Gasteiger partial charge in [0.05, 0.1) is 174 Å². The molecule has 4 aromatic rings. The van der Waals surface area contributed by atoms with Crippen LogP contribution in [0.4, 0.5) is 4.39 Å². The van der Waals surface area contributed by atoms with E-state index in [-0.39, 0.29) is 89.0 Å². The molecule has 0 saturated heterocycles. The molecule has 110 heavy (non-hydrogen) atoms. The van der Waals surface area contributed by atoms with Gasteiger partial charge in [-0.05, 0) is 73.9 Å². The van der Waals surface area contributed by atoms with Crippen LogP contribution in [-0.4, -0.2) is 262 Å². The summed E-state index contributed by atoms with van der Waals surface area (Å²) < 4.78 is 77.9. The quantitative estimate of drug-likeness (QED) is 0.00989. The van der Waals surface area contributed by atoms with Crippen LogP contribution in [0.3, 0.4) is 0 Å². The average molecular weight is 1540 g/mol. The molecular formula is C75H100FN11O23. The van der Waals surface area contributed by atoms with Crippen LogP contribution < -0.4 is 48.1 Å². The van der Waals surface area contributed by atoms with E-state index in [0.717, 1.165) is 35.5 Å². The summed E-state index contributed by atoms with van der Waals surface area (Å²) in [6.07, 6.45) is 4.05. The molecule has 2 aromatic heterocycles. The number of cyclic esters (lactones) is 1. The molecule has 3 aliphatic heterocycles. The number of fused-ring (bicyclic) bond motifs is 5. The zero-order chi connectivity index (χ0) is 78.4. The molecule has 0 unspecified atom stereocenters. The van der Waals surface area contributed by atoms with Gasteiger partial charge >= 0.3 is 5.97 Å². The summed E-state index contributed by atoms with van der Waals surface area (Å²) >= 11 is 0. The number of ether oxygens (including phenoxy) is 11. The van der Waals surface area contributed by atoms with Crippen molar-refractivity contribution in [2.45, 2.75) is 108 Å². The van der Waals surface area contributed by atoms with E-state index in [1.165, 1.54) is 10.6 Å². The van der Waals surface area contributed by atoms with Gasteiger partial charge in [-0.25, -0.2) is 14.2 Å². The van der Waals surface area contributed by atoms with Crippen molar-refractivity contribution in [2.75, 3.05) is 165 Å². The van der Waals surface area contributed by atoms with E-state index >= 15 is 4.39 Å². The summed E-state index contributed by atoms with van der Waals surface area (Å²) in [5.74, 6) is -6.34. The van der Waals surface area contributed by atoms with E-state index in [9.17, 15) is 57.8 Å². The second-order valence-electron chi connectivity index (χ2n) is 26.6. The molecule has 9 N–H and O–H groups in total. The maximum atomic E-state index is 15.6. The van der Waals surface area contributed by atoms with Gasteiger partial charge in [0, 0.05) is 60.7 Å². The minimum atomic E-state index is -2.07. The summed E-state index contributed by atoms with van der Waals surface area (Å²) in [6.45, 7) is 7.35. The van der Waals surface area contributed by atoms with Crippen LogP contribution in [0.5, 0.6) is 0 Å². The van der Waals surface area contributed by atoms with Crippen LogP contribution in [0.15, 0.2) is 59.4 Å². The Kier molecular flexibility index (Phi) is 33.6. The van der Waals surface area contributed by atoms with Crippen LogP contribution in [0, 0.1) is 18.7 Å². The van der Waals surface area contributed by atoms with Crippen molar-refractivity contribution in [3.05, 3.63) is 110 Å². The average Bonchev–Trinajstić information content (AvgIpc) is 1.54. The molecule has 34 nitrogen and oxygen atoms in total. The summed E-state index contributed by atoms with van der Waals surface area (Å²) in [4.78, 5) is 149. The number of aryl methyl sites for hydroxylation is 1. The lowest BCUT2D eigenvalue weighted by Crippen LogP contribution is -2.54. The number of aromatic nitrogens is 2. The van der Waals surface area contributed by atoms with Gasteiger partial charge in [-0.15, -0.1) is 0 Å². The fourth-order valence-electron chi connectivity index (χ4n) is 12.9. The lowest BCUT2D eigenvalue weighted by Gasteiger charge is -2.31. The molecule has 2 aliphatic carbocycles. The van der Waals surface area contributed by atoms with Gasteiger partial charge in [-0.1, -0.05) is 50.1 Å². The highest BCUT2D eigenvalue weighted by molar-refractivity contribution is 6.15. The van der Waals surface area contributed by atoms with Crippen molar-refractivity contribution < 1.29 is 110 Å². The Morgan fingerprint density at radius 2 is 1.22 bits per heavy atom. The first-order chi connectivity index (χ1) is 53.3. The molecule has 0 radical (unpaired) electrons. The highest BCUT2D eigenvalue weighted by Crippen LogP contribution is 2.46. The largest absolute Gasteiger partial charge is 0.458 e. The van der Waals surface area contributed by atoms with E-state index in [2.05, 4.69) is 42.5 Å².